The molecule has 0 saturated carbocycles. The number of fused-ring (bicyclic) bond motifs is 4. The molecule has 224 valence electrons. The van der Waals surface area contributed by atoms with Gasteiger partial charge >= 0.3 is 6.09 Å². The molecule has 1 aromatic carbocycles. The van der Waals surface area contributed by atoms with Gasteiger partial charge in [-0.25, -0.2) is 4.79 Å². The summed E-state index contributed by atoms with van der Waals surface area (Å²) in [6, 6.07) is 14.1. The fraction of sp³-hybridized carbons (Fsp3) is 0.406. The lowest BCUT2D eigenvalue weighted by atomic mass is 9.83. The van der Waals surface area contributed by atoms with Crippen molar-refractivity contribution >= 4 is 29.3 Å². The summed E-state index contributed by atoms with van der Waals surface area (Å²) in [5.74, 6) is -0.0434. The Morgan fingerprint density at radius 2 is 1.74 bits per heavy atom. The monoisotopic (exact) mass is 584 g/mol. The highest BCUT2D eigenvalue weighted by molar-refractivity contribution is 6.07. The maximum absolute atomic E-state index is 13.4. The van der Waals surface area contributed by atoms with Gasteiger partial charge in [0.1, 0.15) is 0 Å². The van der Waals surface area contributed by atoms with E-state index in [0.29, 0.717) is 68.4 Å². The van der Waals surface area contributed by atoms with Crippen molar-refractivity contribution in [3.63, 3.8) is 0 Å². The second kappa shape index (κ2) is 12.3. The van der Waals surface area contributed by atoms with Gasteiger partial charge in [0.2, 0.25) is 0 Å². The zero-order valence-electron chi connectivity index (χ0n) is 24.2. The third-order valence-corrected chi connectivity index (χ3v) is 8.63. The molecule has 6 rings (SSSR count). The van der Waals surface area contributed by atoms with Crippen LogP contribution >= 0.6 is 0 Å². The van der Waals surface area contributed by atoms with Gasteiger partial charge < -0.3 is 29.7 Å². The fourth-order valence-corrected chi connectivity index (χ4v) is 6.53. The molecule has 3 aliphatic rings. The molecule has 0 aliphatic carbocycles. The van der Waals surface area contributed by atoms with Crippen molar-refractivity contribution < 1.29 is 19.1 Å². The molecule has 3 aliphatic heterocycles. The number of piperidine rings is 2. The number of likely N-dealkylation sites (tertiary alicyclic amines) is 1. The average Bonchev–Trinajstić information content (AvgIpc) is 3.02. The summed E-state index contributed by atoms with van der Waals surface area (Å²) in [4.78, 5) is 59.1. The van der Waals surface area contributed by atoms with E-state index in [-0.39, 0.29) is 35.4 Å². The van der Waals surface area contributed by atoms with Crippen LogP contribution in [0.5, 0.6) is 0 Å². The summed E-state index contributed by atoms with van der Waals surface area (Å²) in [5, 5.41) is 6.15. The van der Waals surface area contributed by atoms with Crippen LogP contribution in [0.25, 0.3) is 0 Å². The molecular formula is C32H36N6O5. The highest BCUT2D eigenvalue weighted by Gasteiger charge is 2.35. The molecule has 2 saturated heterocycles. The minimum atomic E-state index is -0.324. The molecule has 2 N–H and O–H groups in total. The number of anilines is 2. The molecule has 0 radical (unpaired) electrons. The van der Waals surface area contributed by atoms with E-state index in [9.17, 15) is 19.2 Å². The second-order valence-electron chi connectivity index (χ2n) is 11.5. The number of carbonyl (C=O) groups excluding carboxylic acids is 3. The minimum absolute atomic E-state index is 0.0351. The Morgan fingerprint density at radius 3 is 2.51 bits per heavy atom. The number of rotatable bonds is 6. The van der Waals surface area contributed by atoms with Crippen LogP contribution in [0.4, 0.5) is 16.2 Å². The van der Waals surface area contributed by atoms with E-state index in [4.69, 9.17) is 4.74 Å². The van der Waals surface area contributed by atoms with Crippen molar-refractivity contribution in [2.45, 2.75) is 44.7 Å². The van der Waals surface area contributed by atoms with E-state index in [1.165, 1.54) is 0 Å². The van der Waals surface area contributed by atoms with Gasteiger partial charge in [-0.1, -0.05) is 6.07 Å². The van der Waals surface area contributed by atoms with Crippen LogP contribution in [0.15, 0.2) is 65.7 Å². The molecule has 3 aromatic rings. The van der Waals surface area contributed by atoms with E-state index in [2.05, 4.69) is 20.5 Å². The van der Waals surface area contributed by atoms with Crippen molar-refractivity contribution in [3.05, 3.63) is 88.1 Å². The smallest absolute Gasteiger partial charge is 0.409 e. The normalized spacial score (nSPS) is 19.7. The molecule has 2 unspecified atom stereocenters. The predicted octanol–water partition coefficient (Wildman–Crippen LogP) is 3.47. The Kier molecular flexibility index (Phi) is 8.13. The van der Waals surface area contributed by atoms with Gasteiger partial charge in [0.25, 0.3) is 17.4 Å². The molecule has 2 bridgehead atoms. The zero-order valence-corrected chi connectivity index (χ0v) is 24.2. The molecule has 2 atom stereocenters. The van der Waals surface area contributed by atoms with Crippen molar-refractivity contribution in [2.75, 3.05) is 43.0 Å². The summed E-state index contributed by atoms with van der Waals surface area (Å²) < 4.78 is 6.99. The Hall–Kier alpha value is -4.67. The Balaban J connectivity index is 1.22. The Morgan fingerprint density at radius 1 is 0.953 bits per heavy atom. The summed E-state index contributed by atoms with van der Waals surface area (Å²) in [6.07, 6.45) is 5.09. The molecule has 0 spiro atoms. The topological polar surface area (TPSA) is 126 Å². The number of aromatic nitrogens is 2. The number of benzene rings is 1. The number of nitrogens with zero attached hydrogens (tertiary/aromatic N) is 4. The number of amides is 3. The van der Waals surface area contributed by atoms with Crippen molar-refractivity contribution in [2.24, 2.45) is 5.92 Å². The van der Waals surface area contributed by atoms with Gasteiger partial charge in [0.15, 0.2) is 0 Å². The van der Waals surface area contributed by atoms with Crippen LogP contribution < -0.4 is 21.1 Å². The minimum Gasteiger partial charge on any atom is -0.450 e. The highest BCUT2D eigenvalue weighted by Crippen LogP contribution is 2.39. The Labute approximate surface area is 249 Å². The van der Waals surface area contributed by atoms with Gasteiger partial charge in [0.05, 0.1) is 18.0 Å². The average molecular weight is 585 g/mol. The van der Waals surface area contributed by atoms with E-state index in [1.807, 2.05) is 22.8 Å². The summed E-state index contributed by atoms with van der Waals surface area (Å²) in [7, 11) is 0. The molecule has 2 aromatic heterocycles. The van der Waals surface area contributed by atoms with Crippen LogP contribution in [0.2, 0.25) is 0 Å². The largest absolute Gasteiger partial charge is 0.450 e. The van der Waals surface area contributed by atoms with Crippen LogP contribution in [0.3, 0.4) is 0 Å². The number of hydrogen-bond donors (Lipinski definition) is 2. The third kappa shape index (κ3) is 6.11. The summed E-state index contributed by atoms with van der Waals surface area (Å²) >= 11 is 0. The quantitative estimate of drug-likeness (QED) is 0.455. The van der Waals surface area contributed by atoms with Crippen LogP contribution in [-0.4, -0.2) is 71.2 Å². The van der Waals surface area contributed by atoms with Gasteiger partial charge in [-0.2, -0.15) is 0 Å². The molecule has 5 heterocycles. The van der Waals surface area contributed by atoms with Gasteiger partial charge in [0, 0.05) is 80.0 Å². The highest BCUT2D eigenvalue weighted by atomic mass is 16.6. The Bertz CT molecular complexity index is 1570. The molecule has 11 heteroatoms. The predicted molar refractivity (Wildman–Crippen MR) is 161 cm³/mol. The number of hydrogen-bond acceptors (Lipinski definition) is 7. The number of carbonyl (C=O) groups is 3. The van der Waals surface area contributed by atoms with Crippen molar-refractivity contribution in [3.8, 4) is 0 Å². The maximum Gasteiger partial charge on any atom is 0.409 e. The van der Waals surface area contributed by atoms with Crippen LogP contribution in [0.1, 0.15) is 58.5 Å². The number of nitrogens with one attached hydrogen (secondary N) is 2. The molecule has 3 amide bonds. The van der Waals surface area contributed by atoms with Gasteiger partial charge in [-0.3, -0.25) is 19.4 Å². The lowest BCUT2D eigenvalue weighted by molar-refractivity contribution is 0.0859. The van der Waals surface area contributed by atoms with E-state index in [1.54, 1.807) is 54.5 Å². The third-order valence-electron chi connectivity index (χ3n) is 8.63. The first-order valence-electron chi connectivity index (χ1n) is 14.9. The van der Waals surface area contributed by atoms with Crippen molar-refractivity contribution in [1.29, 1.82) is 0 Å². The molecular weight excluding hydrogens is 548 g/mol. The van der Waals surface area contributed by atoms with Crippen molar-refractivity contribution in [1.82, 2.24) is 19.8 Å². The standard InChI is InChI=1S/C32H36N6O5/c1-2-43-32(42)36-14-10-25(11-15-36)34-31(41)23-6-7-28(26(17-23)35-30(40)22-8-12-33-13-9-22)37-18-21-16-24(20-37)27-4-3-5-29(39)38(27)19-21/h3-9,12-13,17,21,24-25H,2,10-11,14-16,18-20H2,1H3,(H,34,41)(H,35,40). The molecule has 43 heavy (non-hydrogen) atoms. The second-order valence-corrected chi connectivity index (χ2v) is 11.5. The molecule has 2 fully saturated rings. The maximum atomic E-state index is 13.4. The van der Waals surface area contributed by atoms with E-state index in [0.717, 1.165) is 24.3 Å². The van der Waals surface area contributed by atoms with E-state index >= 15 is 0 Å². The summed E-state index contributed by atoms with van der Waals surface area (Å²) in [6.45, 7) is 5.24. The lowest BCUT2D eigenvalue weighted by Gasteiger charge is -2.44. The molecule has 11 nitrogen and oxygen atoms in total. The van der Waals surface area contributed by atoms with E-state index < -0.39 is 0 Å². The number of pyridine rings is 2. The van der Waals surface area contributed by atoms with Gasteiger partial charge in [-0.05, 0) is 68.5 Å². The lowest BCUT2D eigenvalue weighted by Crippen LogP contribution is -2.47. The van der Waals surface area contributed by atoms with Crippen LogP contribution in [0, 0.1) is 5.92 Å². The first kappa shape index (κ1) is 28.4. The summed E-state index contributed by atoms with van der Waals surface area (Å²) in [5.41, 5.74) is 3.37. The first-order valence-corrected chi connectivity index (χ1v) is 14.9. The number of ether oxygens (including phenoxy) is 1. The SMILES string of the molecule is CCOC(=O)N1CCC(NC(=O)c2ccc(N3CC4CC(C3)c3cccc(=O)n3C4)c(NC(=O)c3ccncc3)c2)CC1. The zero-order chi connectivity index (χ0) is 29.9. The van der Waals surface area contributed by atoms with Crippen LogP contribution in [-0.2, 0) is 11.3 Å². The fourth-order valence-electron chi connectivity index (χ4n) is 6.53. The first-order chi connectivity index (χ1) is 20.9. The van der Waals surface area contributed by atoms with Gasteiger partial charge in [-0.15, -0.1) is 0 Å².